The number of piperidine rings is 1. The molecule has 1 aliphatic heterocycles. The van der Waals surface area contributed by atoms with Crippen LogP contribution in [0.4, 0.5) is 0 Å². The molecular formula is C17H21N5O2. The quantitative estimate of drug-likeness (QED) is 0.738. The monoisotopic (exact) mass is 327 g/mol. The molecule has 0 saturated carbocycles. The van der Waals surface area contributed by atoms with Crippen LogP contribution in [0.2, 0.25) is 0 Å². The SMILES string of the molecule is NC(=O)c1ccc(CNC(=O)C2(n3cccn3)CCNCC2)cc1. The van der Waals surface area contributed by atoms with Crippen molar-refractivity contribution in [2.75, 3.05) is 13.1 Å². The topological polar surface area (TPSA) is 102 Å². The van der Waals surface area contributed by atoms with Gasteiger partial charge in [-0.15, -0.1) is 0 Å². The van der Waals surface area contributed by atoms with Gasteiger partial charge >= 0.3 is 0 Å². The van der Waals surface area contributed by atoms with E-state index in [1.54, 1.807) is 35.1 Å². The molecule has 7 nitrogen and oxygen atoms in total. The first-order valence-electron chi connectivity index (χ1n) is 8.00. The minimum atomic E-state index is -0.651. The average Bonchev–Trinajstić information content (AvgIpc) is 3.15. The van der Waals surface area contributed by atoms with Crippen LogP contribution in [0.15, 0.2) is 42.7 Å². The Hall–Kier alpha value is -2.67. The molecule has 1 aliphatic rings. The van der Waals surface area contributed by atoms with Gasteiger partial charge in [-0.1, -0.05) is 12.1 Å². The van der Waals surface area contributed by atoms with Crippen LogP contribution in [0.5, 0.6) is 0 Å². The number of primary amides is 1. The molecule has 2 aromatic rings. The number of nitrogens with two attached hydrogens (primary N) is 1. The molecule has 24 heavy (non-hydrogen) atoms. The first-order valence-corrected chi connectivity index (χ1v) is 8.00. The first kappa shape index (κ1) is 16.2. The fourth-order valence-corrected chi connectivity index (χ4v) is 3.06. The molecule has 0 atom stereocenters. The van der Waals surface area contributed by atoms with Gasteiger partial charge in [0.1, 0.15) is 5.54 Å². The lowest BCUT2D eigenvalue weighted by atomic mass is 9.87. The van der Waals surface area contributed by atoms with Crippen LogP contribution >= 0.6 is 0 Å². The second kappa shape index (κ2) is 6.84. The number of carbonyl (C=O) groups excluding carboxylic acids is 2. The number of hydrogen-bond acceptors (Lipinski definition) is 4. The lowest BCUT2D eigenvalue weighted by Gasteiger charge is -2.36. The van der Waals surface area contributed by atoms with E-state index in [2.05, 4.69) is 15.7 Å². The fraction of sp³-hybridized carbons (Fsp3) is 0.353. The van der Waals surface area contributed by atoms with Crippen molar-refractivity contribution in [2.24, 2.45) is 5.73 Å². The lowest BCUT2D eigenvalue weighted by molar-refractivity contribution is -0.132. The highest BCUT2D eigenvalue weighted by molar-refractivity contribution is 5.92. The Morgan fingerprint density at radius 3 is 2.54 bits per heavy atom. The Morgan fingerprint density at radius 2 is 1.96 bits per heavy atom. The summed E-state index contributed by atoms with van der Waals surface area (Å²) in [4.78, 5) is 24.0. The Labute approximate surface area is 140 Å². The summed E-state index contributed by atoms with van der Waals surface area (Å²) >= 11 is 0. The van der Waals surface area contributed by atoms with Crippen LogP contribution < -0.4 is 16.4 Å². The van der Waals surface area contributed by atoms with Crippen LogP contribution in [0.25, 0.3) is 0 Å². The van der Waals surface area contributed by atoms with E-state index in [4.69, 9.17) is 5.73 Å². The molecule has 2 amide bonds. The Bertz CT molecular complexity index is 703. The van der Waals surface area contributed by atoms with Crippen molar-refractivity contribution >= 4 is 11.8 Å². The molecule has 0 radical (unpaired) electrons. The molecule has 0 bridgehead atoms. The van der Waals surface area contributed by atoms with E-state index in [9.17, 15) is 9.59 Å². The van der Waals surface area contributed by atoms with Crippen LogP contribution in [-0.2, 0) is 16.9 Å². The maximum Gasteiger partial charge on any atom is 0.248 e. The Morgan fingerprint density at radius 1 is 1.25 bits per heavy atom. The van der Waals surface area contributed by atoms with Crippen molar-refractivity contribution in [3.8, 4) is 0 Å². The molecule has 2 heterocycles. The van der Waals surface area contributed by atoms with E-state index in [1.807, 2.05) is 12.3 Å². The molecule has 1 aromatic heterocycles. The third-order valence-corrected chi connectivity index (χ3v) is 4.49. The summed E-state index contributed by atoms with van der Waals surface area (Å²) in [6.07, 6.45) is 4.93. The van der Waals surface area contributed by atoms with Crippen LogP contribution in [0, 0.1) is 0 Å². The molecule has 1 saturated heterocycles. The third-order valence-electron chi connectivity index (χ3n) is 4.49. The van der Waals surface area contributed by atoms with Gasteiger partial charge < -0.3 is 16.4 Å². The maximum absolute atomic E-state index is 12.9. The number of rotatable bonds is 5. The zero-order valence-electron chi connectivity index (χ0n) is 13.4. The van der Waals surface area contributed by atoms with Crippen molar-refractivity contribution < 1.29 is 9.59 Å². The van der Waals surface area contributed by atoms with Gasteiger partial charge in [-0.25, -0.2) is 0 Å². The van der Waals surface area contributed by atoms with Gasteiger partial charge in [0.15, 0.2) is 0 Å². The summed E-state index contributed by atoms with van der Waals surface area (Å²) in [7, 11) is 0. The lowest BCUT2D eigenvalue weighted by Crippen LogP contribution is -2.54. The fourth-order valence-electron chi connectivity index (χ4n) is 3.06. The summed E-state index contributed by atoms with van der Waals surface area (Å²) < 4.78 is 1.76. The number of carbonyl (C=O) groups is 2. The van der Waals surface area contributed by atoms with E-state index >= 15 is 0 Å². The molecule has 1 aromatic carbocycles. The van der Waals surface area contributed by atoms with E-state index in [1.165, 1.54) is 0 Å². The van der Waals surface area contributed by atoms with Crippen LogP contribution in [-0.4, -0.2) is 34.7 Å². The summed E-state index contributed by atoms with van der Waals surface area (Å²) in [5.41, 5.74) is 5.95. The molecule has 0 unspecified atom stereocenters. The summed E-state index contributed by atoms with van der Waals surface area (Å²) in [6.45, 7) is 1.95. The van der Waals surface area contributed by atoms with E-state index < -0.39 is 11.4 Å². The van der Waals surface area contributed by atoms with Crippen LogP contribution in [0.1, 0.15) is 28.8 Å². The molecule has 1 fully saturated rings. The normalized spacial score (nSPS) is 16.5. The van der Waals surface area contributed by atoms with E-state index in [0.29, 0.717) is 24.9 Å². The number of aromatic nitrogens is 2. The first-order chi connectivity index (χ1) is 11.6. The van der Waals surface area contributed by atoms with Gasteiger partial charge in [-0.05, 0) is 49.7 Å². The highest BCUT2D eigenvalue weighted by Crippen LogP contribution is 2.27. The van der Waals surface area contributed by atoms with Crippen molar-refractivity contribution in [2.45, 2.75) is 24.9 Å². The standard InChI is InChI=1S/C17H21N5O2/c18-15(23)14-4-2-13(3-5-14)12-20-16(24)17(6-9-19-10-7-17)22-11-1-8-21-22/h1-5,8,11,19H,6-7,9-10,12H2,(H2,18,23)(H,20,24). The molecule has 7 heteroatoms. The predicted octanol–water partition coefficient (Wildman–Crippen LogP) is 0.377. The zero-order chi connectivity index (χ0) is 17.0. The van der Waals surface area contributed by atoms with Crippen LogP contribution in [0.3, 0.4) is 0 Å². The van der Waals surface area contributed by atoms with E-state index in [-0.39, 0.29) is 5.91 Å². The van der Waals surface area contributed by atoms with Gasteiger partial charge in [0.2, 0.25) is 11.8 Å². The maximum atomic E-state index is 12.9. The Kier molecular flexibility index (Phi) is 4.61. The zero-order valence-corrected chi connectivity index (χ0v) is 13.4. The van der Waals surface area contributed by atoms with Crippen molar-refractivity contribution in [3.63, 3.8) is 0 Å². The molecule has 4 N–H and O–H groups in total. The minimum Gasteiger partial charge on any atom is -0.366 e. The van der Waals surface area contributed by atoms with Gasteiger partial charge in [0.25, 0.3) is 0 Å². The number of amides is 2. The highest BCUT2D eigenvalue weighted by atomic mass is 16.2. The smallest absolute Gasteiger partial charge is 0.248 e. The largest absolute Gasteiger partial charge is 0.366 e. The number of nitrogens with one attached hydrogen (secondary N) is 2. The second-order valence-corrected chi connectivity index (χ2v) is 5.98. The number of hydrogen-bond donors (Lipinski definition) is 3. The van der Waals surface area contributed by atoms with Gasteiger partial charge in [-0.3, -0.25) is 14.3 Å². The summed E-state index contributed by atoms with van der Waals surface area (Å²) in [6, 6.07) is 8.75. The molecular weight excluding hydrogens is 306 g/mol. The highest BCUT2D eigenvalue weighted by Gasteiger charge is 2.41. The summed E-state index contributed by atoms with van der Waals surface area (Å²) in [5, 5.41) is 10.6. The van der Waals surface area contributed by atoms with Gasteiger partial charge in [-0.2, -0.15) is 5.10 Å². The van der Waals surface area contributed by atoms with Crippen molar-refractivity contribution in [3.05, 3.63) is 53.9 Å². The second-order valence-electron chi connectivity index (χ2n) is 5.98. The van der Waals surface area contributed by atoms with Gasteiger partial charge in [0.05, 0.1) is 0 Å². The molecule has 3 rings (SSSR count). The minimum absolute atomic E-state index is 0.0355. The van der Waals surface area contributed by atoms with Crippen molar-refractivity contribution in [1.82, 2.24) is 20.4 Å². The summed E-state index contributed by atoms with van der Waals surface area (Å²) in [5.74, 6) is -0.496. The molecule has 126 valence electrons. The third kappa shape index (κ3) is 3.16. The number of nitrogens with zero attached hydrogens (tertiary/aromatic N) is 2. The van der Waals surface area contributed by atoms with Gasteiger partial charge in [0, 0.05) is 24.5 Å². The average molecular weight is 327 g/mol. The van der Waals surface area contributed by atoms with Crippen molar-refractivity contribution in [1.29, 1.82) is 0 Å². The predicted molar refractivity (Wildman–Crippen MR) is 89.1 cm³/mol. The number of benzene rings is 1. The molecule has 0 spiro atoms. The molecule has 0 aliphatic carbocycles. The Balaban J connectivity index is 1.71. The van der Waals surface area contributed by atoms with E-state index in [0.717, 1.165) is 18.7 Å².